The van der Waals surface area contributed by atoms with Gasteiger partial charge in [-0.15, -0.1) is 0 Å². The summed E-state index contributed by atoms with van der Waals surface area (Å²) in [7, 11) is 0. The summed E-state index contributed by atoms with van der Waals surface area (Å²) >= 11 is 0. The maximum absolute atomic E-state index is 12.3. The van der Waals surface area contributed by atoms with E-state index in [1.807, 2.05) is 31.2 Å². The van der Waals surface area contributed by atoms with Crippen LogP contribution in [0.4, 0.5) is 11.4 Å². The third-order valence-corrected chi connectivity index (χ3v) is 3.82. The quantitative estimate of drug-likeness (QED) is 0.636. The van der Waals surface area contributed by atoms with E-state index in [1.54, 1.807) is 6.92 Å². The van der Waals surface area contributed by atoms with Gasteiger partial charge in [-0.05, 0) is 24.5 Å². The van der Waals surface area contributed by atoms with Crippen LogP contribution in [-0.4, -0.2) is 15.8 Å². The van der Waals surface area contributed by atoms with Crippen molar-refractivity contribution in [2.45, 2.75) is 26.3 Å². The number of nitro benzene ring substituents is 2. The Balaban J connectivity index is 2.24. The van der Waals surface area contributed by atoms with Gasteiger partial charge in [0.2, 0.25) is 0 Å². The van der Waals surface area contributed by atoms with E-state index < -0.39 is 27.1 Å². The number of rotatable bonds is 6. The molecule has 2 rings (SSSR count). The molecule has 0 saturated heterocycles. The van der Waals surface area contributed by atoms with Crippen molar-refractivity contribution in [2.24, 2.45) is 0 Å². The normalized spacial score (nSPS) is 11.6. The zero-order valence-corrected chi connectivity index (χ0v) is 13.8. The third kappa shape index (κ3) is 4.37. The molecule has 1 atom stereocenters. The molecule has 25 heavy (non-hydrogen) atoms. The van der Waals surface area contributed by atoms with Gasteiger partial charge in [0.05, 0.1) is 27.5 Å². The van der Waals surface area contributed by atoms with E-state index in [-0.39, 0.29) is 11.6 Å². The first kappa shape index (κ1) is 18.1. The molecule has 0 aromatic heterocycles. The molecule has 1 unspecified atom stereocenters. The van der Waals surface area contributed by atoms with Crippen LogP contribution in [0, 0.1) is 20.2 Å². The van der Waals surface area contributed by atoms with Gasteiger partial charge in [-0.25, -0.2) is 0 Å². The second-order valence-corrected chi connectivity index (χ2v) is 5.54. The number of benzene rings is 2. The average molecular weight is 343 g/mol. The van der Waals surface area contributed by atoms with Crippen LogP contribution in [0.5, 0.6) is 0 Å². The Hall–Kier alpha value is -3.29. The van der Waals surface area contributed by atoms with E-state index in [0.29, 0.717) is 0 Å². The number of hydrogen-bond donors (Lipinski definition) is 1. The Labute approximate surface area is 143 Å². The second-order valence-electron chi connectivity index (χ2n) is 5.54. The fraction of sp³-hybridized carbons (Fsp3) is 0.235. The van der Waals surface area contributed by atoms with Gasteiger partial charge in [0.1, 0.15) is 0 Å². The van der Waals surface area contributed by atoms with Crippen LogP contribution in [0.3, 0.4) is 0 Å². The van der Waals surface area contributed by atoms with Gasteiger partial charge >= 0.3 is 0 Å². The minimum Gasteiger partial charge on any atom is -0.346 e. The molecular weight excluding hydrogens is 326 g/mol. The molecule has 8 heteroatoms. The highest BCUT2D eigenvalue weighted by Gasteiger charge is 2.21. The van der Waals surface area contributed by atoms with E-state index in [0.717, 1.165) is 35.7 Å². The second kappa shape index (κ2) is 7.52. The molecule has 1 N–H and O–H groups in total. The summed E-state index contributed by atoms with van der Waals surface area (Å²) in [6.07, 6.45) is 0.901. The SMILES string of the molecule is CCc1ccc(C(C)NC(=O)c2cc([N+](=O)[O-])cc([N+](=O)[O-])c2)cc1. The van der Waals surface area contributed by atoms with Crippen molar-refractivity contribution >= 4 is 17.3 Å². The number of nitrogens with one attached hydrogen (secondary N) is 1. The summed E-state index contributed by atoms with van der Waals surface area (Å²) in [4.78, 5) is 32.6. The number of nitro groups is 2. The molecule has 0 aliphatic carbocycles. The van der Waals surface area contributed by atoms with Crippen LogP contribution >= 0.6 is 0 Å². The van der Waals surface area contributed by atoms with Crippen molar-refractivity contribution in [1.82, 2.24) is 5.32 Å². The highest BCUT2D eigenvalue weighted by atomic mass is 16.6. The number of non-ortho nitro benzene ring substituents is 2. The first-order valence-electron chi connectivity index (χ1n) is 7.65. The monoisotopic (exact) mass is 343 g/mol. The van der Waals surface area contributed by atoms with E-state index >= 15 is 0 Å². The first-order valence-corrected chi connectivity index (χ1v) is 7.65. The third-order valence-electron chi connectivity index (χ3n) is 3.82. The van der Waals surface area contributed by atoms with Crippen molar-refractivity contribution in [3.8, 4) is 0 Å². The van der Waals surface area contributed by atoms with Gasteiger partial charge in [-0.3, -0.25) is 25.0 Å². The van der Waals surface area contributed by atoms with Gasteiger partial charge in [0, 0.05) is 12.1 Å². The molecule has 2 aromatic carbocycles. The smallest absolute Gasteiger partial charge is 0.277 e. The largest absolute Gasteiger partial charge is 0.346 e. The first-order chi connectivity index (χ1) is 11.8. The molecule has 0 aliphatic heterocycles. The Morgan fingerprint density at radius 1 is 1.04 bits per heavy atom. The van der Waals surface area contributed by atoms with Crippen LogP contribution in [0.1, 0.15) is 41.4 Å². The molecular formula is C17H17N3O5. The molecule has 2 aromatic rings. The van der Waals surface area contributed by atoms with E-state index in [2.05, 4.69) is 5.32 Å². The molecule has 0 radical (unpaired) electrons. The van der Waals surface area contributed by atoms with E-state index in [9.17, 15) is 25.0 Å². The topological polar surface area (TPSA) is 115 Å². The summed E-state index contributed by atoms with van der Waals surface area (Å²) in [5.74, 6) is -0.612. The number of hydrogen-bond acceptors (Lipinski definition) is 5. The van der Waals surface area contributed by atoms with E-state index in [4.69, 9.17) is 0 Å². The van der Waals surface area contributed by atoms with Crippen molar-refractivity contribution in [1.29, 1.82) is 0 Å². The van der Waals surface area contributed by atoms with Gasteiger partial charge in [0.15, 0.2) is 0 Å². The van der Waals surface area contributed by atoms with Crippen LogP contribution < -0.4 is 5.32 Å². The number of aryl methyl sites for hydroxylation is 1. The summed E-state index contributed by atoms with van der Waals surface area (Å²) in [6, 6.07) is 10.2. The zero-order valence-electron chi connectivity index (χ0n) is 13.8. The fourth-order valence-corrected chi connectivity index (χ4v) is 2.34. The minimum atomic E-state index is -0.767. The Morgan fingerprint density at radius 3 is 2.00 bits per heavy atom. The molecule has 8 nitrogen and oxygen atoms in total. The molecule has 0 fully saturated rings. The summed E-state index contributed by atoms with van der Waals surface area (Å²) in [6.45, 7) is 3.81. The van der Waals surface area contributed by atoms with Crippen LogP contribution in [0.2, 0.25) is 0 Å². The number of carbonyl (C=O) groups excluding carboxylic acids is 1. The fourth-order valence-electron chi connectivity index (χ4n) is 2.34. The number of nitrogens with zero attached hydrogens (tertiary/aromatic N) is 2. The number of carbonyl (C=O) groups is 1. The molecule has 0 heterocycles. The van der Waals surface area contributed by atoms with Gasteiger partial charge in [-0.2, -0.15) is 0 Å². The van der Waals surface area contributed by atoms with Gasteiger partial charge in [-0.1, -0.05) is 31.2 Å². The molecule has 1 amide bonds. The zero-order chi connectivity index (χ0) is 18.6. The lowest BCUT2D eigenvalue weighted by Crippen LogP contribution is -2.26. The van der Waals surface area contributed by atoms with Crippen LogP contribution in [-0.2, 0) is 6.42 Å². The lowest BCUT2D eigenvalue weighted by Gasteiger charge is -2.15. The highest BCUT2D eigenvalue weighted by molar-refractivity contribution is 5.95. The lowest BCUT2D eigenvalue weighted by molar-refractivity contribution is -0.394. The molecule has 0 spiro atoms. The maximum atomic E-state index is 12.3. The maximum Gasteiger partial charge on any atom is 0.277 e. The summed E-state index contributed by atoms with van der Waals surface area (Å²) in [5, 5.41) is 24.5. The molecule has 0 saturated carbocycles. The van der Waals surface area contributed by atoms with Crippen LogP contribution in [0.25, 0.3) is 0 Å². The van der Waals surface area contributed by atoms with Gasteiger partial charge in [0.25, 0.3) is 17.3 Å². The van der Waals surface area contributed by atoms with Gasteiger partial charge < -0.3 is 5.32 Å². The van der Waals surface area contributed by atoms with Crippen molar-refractivity contribution in [3.05, 3.63) is 79.4 Å². The Morgan fingerprint density at radius 2 is 1.56 bits per heavy atom. The predicted molar refractivity (Wildman–Crippen MR) is 91.5 cm³/mol. The Bertz CT molecular complexity index is 785. The van der Waals surface area contributed by atoms with Crippen molar-refractivity contribution < 1.29 is 14.6 Å². The summed E-state index contributed by atoms with van der Waals surface area (Å²) < 4.78 is 0. The Kier molecular flexibility index (Phi) is 5.43. The molecule has 0 bridgehead atoms. The molecule has 130 valence electrons. The van der Waals surface area contributed by atoms with Crippen LogP contribution in [0.15, 0.2) is 42.5 Å². The van der Waals surface area contributed by atoms with Crippen molar-refractivity contribution in [3.63, 3.8) is 0 Å². The highest BCUT2D eigenvalue weighted by Crippen LogP contribution is 2.23. The predicted octanol–water partition coefficient (Wildman–Crippen LogP) is 3.56. The summed E-state index contributed by atoms with van der Waals surface area (Å²) in [5.41, 5.74) is 0.901. The lowest BCUT2D eigenvalue weighted by atomic mass is 10.0. The molecule has 0 aliphatic rings. The van der Waals surface area contributed by atoms with E-state index in [1.165, 1.54) is 0 Å². The average Bonchev–Trinajstić information content (AvgIpc) is 2.61. The standard InChI is InChI=1S/C17H17N3O5/c1-3-12-4-6-13(7-5-12)11(2)18-17(21)14-8-15(19(22)23)10-16(9-14)20(24)25/h4-11H,3H2,1-2H3,(H,18,21). The number of amides is 1. The van der Waals surface area contributed by atoms with Crippen molar-refractivity contribution in [2.75, 3.05) is 0 Å². The minimum absolute atomic E-state index is 0.127.